The molecule has 0 fully saturated rings. The molecule has 0 saturated heterocycles. The van der Waals surface area contributed by atoms with Gasteiger partial charge in [-0.1, -0.05) is 35.1 Å². The lowest BCUT2D eigenvalue weighted by Gasteiger charge is -2.06. The number of hydrogen-bond acceptors (Lipinski definition) is 2. The van der Waals surface area contributed by atoms with Crippen LogP contribution in [0.3, 0.4) is 0 Å². The molecule has 0 saturated carbocycles. The fourth-order valence-electron chi connectivity index (χ4n) is 2.24. The molecule has 0 aliphatic heterocycles. The Morgan fingerprint density at radius 3 is 2.58 bits per heavy atom. The third-order valence-corrected chi connectivity index (χ3v) is 4.81. The van der Waals surface area contributed by atoms with Crippen molar-refractivity contribution in [3.63, 3.8) is 0 Å². The Kier molecular flexibility index (Phi) is 4.23. The van der Waals surface area contributed by atoms with Crippen molar-refractivity contribution in [2.75, 3.05) is 0 Å². The summed E-state index contributed by atoms with van der Waals surface area (Å²) >= 11 is 7.37. The van der Waals surface area contributed by atoms with Gasteiger partial charge in [0.15, 0.2) is 4.80 Å². The average Bonchev–Trinajstić information content (AvgIpc) is 2.84. The quantitative estimate of drug-likeness (QED) is 0.613. The van der Waals surface area contributed by atoms with Crippen molar-refractivity contribution in [2.24, 2.45) is 12.0 Å². The van der Waals surface area contributed by atoms with Gasteiger partial charge in [0.1, 0.15) is 0 Å². The fraction of sp³-hybridized carbons (Fsp3) is 0.125. The first kappa shape index (κ1) is 16.7. The summed E-state index contributed by atoms with van der Waals surface area (Å²) < 4.78 is 40.7. The molecule has 24 heavy (non-hydrogen) atoms. The normalized spacial score (nSPS) is 12.8. The second-order valence-corrected chi connectivity index (χ2v) is 6.44. The Morgan fingerprint density at radius 2 is 1.92 bits per heavy atom. The van der Waals surface area contributed by atoms with Gasteiger partial charge < -0.3 is 4.57 Å². The van der Waals surface area contributed by atoms with Crippen LogP contribution in [0.15, 0.2) is 47.5 Å². The van der Waals surface area contributed by atoms with E-state index < -0.39 is 17.6 Å². The topological polar surface area (TPSA) is 34.4 Å². The molecule has 0 N–H and O–H groups in total. The summed E-state index contributed by atoms with van der Waals surface area (Å²) in [4.78, 5) is 16.5. The van der Waals surface area contributed by atoms with E-state index in [9.17, 15) is 18.0 Å². The minimum absolute atomic E-state index is 0.117. The number of hydrogen-bond donors (Lipinski definition) is 0. The van der Waals surface area contributed by atoms with Gasteiger partial charge in [-0.05, 0) is 30.3 Å². The number of rotatable bonds is 1. The summed E-state index contributed by atoms with van der Waals surface area (Å²) in [6.07, 6.45) is -4.51. The lowest BCUT2D eigenvalue weighted by Crippen LogP contribution is -2.14. The highest BCUT2D eigenvalue weighted by atomic mass is 35.5. The summed E-state index contributed by atoms with van der Waals surface area (Å²) in [5.41, 5.74) is -0.277. The molecule has 8 heteroatoms. The third kappa shape index (κ3) is 3.09. The molecule has 3 aromatic rings. The molecule has 0 unspecified atom stereocenters. The molecule has 3 nitrogen and oxygen atoms in total. The van der Waals surface area contributed by atoms with E-state index in [1.54, 1.807) is 23.7 Å². The lowest BCUT2D eigenvalue weighted by molar-refractivity contribution is -0.137. The van der Waals surface area contributed by atoms with Crippen LogP contribution in [0.25, 0.3) is 10.2 Å². The summed E-state index contributed by atoms with van der Waals surface area (Å²) in [5, 5.41) is 0.513. The van der Waals surface area contributed by atoms with Gasteiger partial charge in [0.2, 0.25) is 0 Å². The van der Waals surface area contributed by atoms with Gasteiger partial charge in [-0.15, -0.1) is 0 Å². The predicted octanol–water partition coefficient (Wildman–Crippen LogP) is 4.65. The first-order chi connectivity index (χ1) is 11.3. The number of aromatic nitrogens is 1. The van der Waals surface area contributed by atoms with E-state index in [0.29, 0.717) is 9.82 Å². The van der Waals surface area contributed by atoms with Crippen molar-refractivity contribution < 1.29 is 18.0 Å². The largest absolute Gasteiger partial charge is 0.416 e. The van der Waals surface area contributed by atoms with Crippen molar-refractivity contribution in [3.8, 4) is 0 Å². The molecule has 1 heterocycles. The van der Waals surface area contributed by atoms with E-state index in [-0.39, 0.29) is 5.56 Å². The number of thiazole rings is 1. The van der Waals surface area contributed by atoms with Gasteiger partial charge in [-0.25, -0.2) is 0 Å². The molecule has 0 aliphatic rings. The Labute approximate surface area is 143 Å². The van der Waals surface area contributed by atoms with Gasteiger partial charge in [0.05, 0.1) is 20.8 Å². The highest BCUT2D eigenvalue weighted by Gasteiger charge is 2.30. The molecule has 0 atom stereocenters. The van der Waals surface area contributed by atoms with Crippen LogP contribution in [0.1, 0.15) is 15.9 Å². The van der Waals surface area contributed by atoms with Gasteiger partial charge in [0.25, 0.3) is 5.91 Å². The first-order valence-corrected chi connectivity index (χ1v) is 7.97. The molecule has 1 aromatic heterocycles. The van der Waals surface area contributed by atoms with Crippen LogP contribution < -0.4 is 4.80 Å². The smallest absolute Gasteiger partial charge is 0.318 e. The maximum Gasteiger partial charge on any atom is 0.416 e. The molecule has 1 amide bonds. The van der Waals surface area contributed by atoms with Crippen molar-refractivity contribution in [2.45, 2.75) is 6.18 Å². The molecule has 0 aliphatic carbocycles. The second-order valence-electron chi connectivity index (χ2n) is 5.03. The Morgan fingerprint density at radius 1 is 1.21 bits per heavy atom. The maximum atomic E-state index is 12.7. The number of carbonyl (C=O) groups is 1. The van der Waals surface area contributed by atoms with Crippen LogP contribution in [0.5, 0.6) is 0 Å². The third-order valence-electron chi connectivity index (χ3n) is 3.41. The number of amides is 1. The van der Waals surface area contributed by atoms with Crippen LogP contribution in [0, 0.1) is 0 Å². The first-order valence-electron chi connectivity index (χ1n) is 6.78. The van der Waals surface area contributed by atoms with Crippen molar-refractivity contribution in [1.82, 2.24) is 4.57 Å². The lowest BCUT2D eigenvalue weighted by atomic mass is 10.1. The molecule has 3 rings (SSSR count). The number of fused-ring (bicyclic) bond motifs is 1. The van der Waals surface area contributed by atoms with E-state index in [0.717, 1.165) is 22.3 Å². The van der Waals surface area contributed by atoms with Crippen LogP contribution in [-0.4, -0.2) is 10.5 Å². The second kappa shape index (κ2) is 6.07. The number of alkyl halides is 3. The van der Waals surface area contributed by atoms with Gasteiger partial charge in [-0.2, -0.15) is 18.2 Å². The number of nitrogens with zero attached hydrogens (tertiary/aromatic N) is 2. The fourth-order valence-corrected chi connectivity index (χ4v) is 3.64. The van der Waals surface area contributed by atoms with E-state index in [1.807, 2.05) is 6.07 Å². The van der Waals surface area contributed by atoms with Crippen molar-refractivity contribution >= 4 is 39.1 Å². The van der Waals surface area contributed by atoms with Crippen LogP contribution in [-0.2, 0) is 13.2 Å². The highest BCUT2D eigenvalue weighted by molar-refractivity contribution is 7.16. The Balaban J connectivity index is 2.08. The van der Waals surface area contributed by atoms with E-state index in [2.05, 4.69) is 4.99 Å². The summed E-state index contributed by atoms with van der Waals surface area (Å²) in [6.45, 7) is 0. The number of halogens is 4. The highest BCUT2D eigenvalue weighted by Crippen LogP contribution is 2.29. The Hall–Kier alpha value is -2.12. The molecule has 0 bridgehead atoms. The standard InChI is InChI=1S/C16H10ClF3N2OS/c1-22-13-11(17)6-3-7-12(13)24-15(22)21-14(23)9-4-2-5-10(8-9)16(18,19)20/h2-8H,1H3. The van der Waals surface area contributed by atoms with Crippen LogP contribution in [0.2, 0.25) is 5.02 Å². The average molecular weight is 371 g/mol. The van der Waals surface area contributed by atoms with Crippen molar-refractivity contribution in [1.29, 1.82) is 0 Å². The van der Waals surface area contributed by atoms with E-state index in [4.69, 9.17) is 11.6 Å². The summed E-state index contributed by atoms with van der Waals surface area (Å²) in [7, 11) is 1.70. The van der Waals surface area contributed by atoms with E-state index in [1.165, 1.54) is 23.5 Å². The molecule has 124 valence electrons. The van der Waals surface area contributed by atoms with Gasteiger partial charge >= 0.3 is 6.18 Å². The van der Waals surface area contributed by atoms with Crippen LogP contribution >= 0.6 is 22.9 Å². The zero-order valence-corrected chi connectivity index (χ0v) is 13.8. The molecule has 0 spiro atoms. The van der Waals surface area contributed by atoms with E-state index >= 15 is 0 Å². The van der Waals surface area contributed by atoms with Crippen LogP contribution in [0.4, 0.5) is 13.2 Å². The number of carbonyl (C=O) groups excluding carboxylic acids is 1. The number of aryl methyl sites for hydroxylation is 1. The monoisotopic (exact) mass is 370 g/mol. The number of benzene rings is 2. The number of para-hydroxylation sites is 1. The predicted molar refractivity (Wildman–Crippen MR) is 87.1 cm³/mol. The maximum absolute atomic E-state index is 12.7. The zero-order chi connectivity index (χ0) is 17.5. The molecular formula is C16H10ClF3N2OS. The molecule has 0 radical (unpaired) electrons. The summed E-state index contributed by atoms with van der Waals surface area (Å²) in [5.74, 6) is -0.737. The minimum Gasteiger partial charge on any atom is -0.318 e. The van der Waals surface area contributed by atoms with Gasteiger partial charge in [-0.3, -0.25) is 4.79 Å². The van der Waals surface area contributed by atoms with Crippen molar-refractivity contribution in [3.05, 3.63) is 63.4 Å². The molecule has 2 aromatic carbocycles. The van der Waals surface area contributed by atoms with Gasteiger partial charge in [0, 0.05) is 12.6 Å². The SMILES string of the molecule is Cn1c(=NC(=O)c2cccc(C(F)(F)F)c2)sc2cccc(Cl)c21. The Bertz CT molecular complexity index is 1000. The summed E-state index contributed by atoms with van der Waals surface area (Å²) in [6, 6.07) is 9.53. The minimum atomic E-state index is -4.51. The molecular weight excluding hydrogens is 361 g/mol. The zero-order valence-electron chi connectivity index (χ0n) is 12.3.